The summed E-state index contributed by atoms with van der Waals surface area (Å²) in [7, 11) is 0. The Labute approximate surface area is 179 Å². The van der Waals surface area contributed by atoms with E-state index < -0.39 is 0 Å². The van der Waals surface area contributed by atoms with Crippen molar-refractivity contribution in [2.75, 3.05) is 26.2 Å². The van der Waals surface area contributed by atoms with Crippen LogP contribution in [0.3, 0.4) is 0 Å². The highest BCUT2D eigenvalue weighted by atomic mass is 16.3. The molecule has 0 spiro atoms. The first-order valence-corrected chi connectivity index (χ1v) is 10.7. The monoisotopic (exact) mass is 410 g/mol. The topological polar surface area (TPSA) is 64.0 Å². The fourth-order valence-electron chi connectivity index (χ4n) is 3.77. The number of carbonyl (C=O) groups excluding carboxylic acids is 1. The van der Waals surface area contributed by atoms with Gasteiger partial charge in [0.25, 0.3) is 5.91 Å². The highest BCUT2D eigenvalue weighted by molar-refractivity contribution is 5.94. The van der Waals surface area contributed by atoms with Crippen LogP contribution in [-0.4, -0.2) is 52.1 Å². The molecular formula is C25H34N2O3. The fraction of sp³-hybridized carbons (Fsp3) is 0.480. The molecule has 1 saturated heterocycles. The van der Waals surface area contributed by atoms with Crippen LogP contribution in [0.5, 0.6) is 11.5 Å². The van der Waals surface area contributed by atoms with E-state index in [9.17, 15) is 15.0 Å². The van der Waals surface area contributed by atoms with Crippen molar-refractivity contribution in [2.24, 2.45) is 0 Å². The molecule has 2 N–H and O–H groups in total. The van der Waals surface area contributed by atoms with Crippen LogP contribution in [-0.2, 0) is 12.0 Å². The quantitative estimate of drug-likeness (QED) is 0.730. The molecule has 1 fully saturated rings. The van der Waals surface area contributed by atoms with E-state index >= 15 is 0 Å². The number of carbonyl (C=O) groups is 1. The second-order valence-electron chi connectivity index (χ2n) is 9.60. The van der Waals surface area contributed by atoms with E-state index in [4.69, 9.17) is 0 Å². The minimum atomic E-state index is -0.115. The van der Waals surface area contributed by atoms with E-state index in [2.05, 4.69) is 39.5 Å². The van der Waals surface area contributed by atoms with Crippen LogP contribution in [0.2, 0.25) is 0 Å². The third-order valence-electron chi connectivity index (χ3n) is 5.91. The molecule has 0 bridgehead atoms. The second kappa shape index (κ2) is 8.68. The van der Waals surface area contributed by atoms with Gasteiger partial charge in [0.2, 0.25) is 0 Å². The van der Waals surface area contributed by atoms with Gasteiger partial charge < -0.3 is 15.1 Å². The molecule has 0 aromatic heterocycles. The Morgan fingerprint density at radius 3 is 2.13 bits per heavy atom. The molecule has 1 amide bonds. The Balaban J connectivity index is 1.63. The van der Waals surface area contributed by atoms with E-state index in [0.717, 1.165) is 29.8 Å². The maximum absolute atomic E-state index is 12.8. The van der Waals surface area contributed by atoms with Gasteiger partial charge >= 0.3 is 0 Å². The summed E-state index contributed by atoms with van der Waals surface area (Å²) in [5, 5.41) is 20.5. The van der Waals surface area contributed by atoms with Crippen molar-refractivity contribution in [1.82, 2.24) is 9.80 Å². The van der Waals surface area contributed by atoms with E-state index in [1.54, 1.807) is 6.07 Å². The molecule has 2 aromatic rings. The molecule has 5 heteroatoms. The van der Waals surface area contributed by atoms with Gasteiger partial charge in [-0.05, 0) is 40.7 Å². The first kappa shape index (κ1) is 22.2. The summed E-state index contributed by atoms with van der Waals surface area (Å²) in [6.07, 6.45) is 0. The smallest absolute Gasteiger partial charge is 0.253 e. The average molecular weight is 411 g/mol. The molecule has 0 saturated carbocycles. The minimum absolute atomic E-state index is 0.0493. The Hall–Kier alpha value is -2.53. The van der Waals surface area contributed by atoms with Crippen LogP contribution < -0.4 is 0 Å². The SMILES string of the molecule is CC(C)c1ccc(C(=O)N2CCN(Cc3cc(C(C)(C)C)cc(O)c3O)CC2)cc1. The van der Waals surface area contributed by atoms with Crippen molar-refractivity contribution in [1.29, 1.82) is 0 Å². The number of hydrogen-bond acceptors (Lipinski definition) is 4. The van der Waals surface area contributed by atoms with Crippen LogP contribution in [0.1, 0.15) is 67.6 Å². The summed E-state index contributed by atoms with van der Waals surface area (Å²) in [5.74, 6) is 0.397. The minimum Gasteiger partial charge on any atom is -0.504 e. The number of hydrogen-bond donors (Lipinski definition) is 2. The predicted molar refractivity (Wildman–Crippen MR) is 120 cm³/mol. The van der Waals surface area contributed by atoms with Crippen molar-refractivity contribution in [3.05, 3.63) is 58.7 Å². The van der Waals surface area contributed by atoms with Crippen molar-refractivity contribution in [3.8, 4) is 11.5 Å². The van der Waals surface area contributed by atoms with Gasteiger partial charge in [-0.3, -0.25) is 9.69 Å². The molecule has 162 valence electrons. The van der Waals surface area contributed by atoms with Gasteiger partial charge in [0, 0.05) is 43.9 Å². The summed E-state index contributed by atoms with van der Waals surface area (Å²) in [6.45, 7) is 13.9. The molecule has 0 aliphatic carbocycles. The molecule has 0 radical (unpaired) electrons. The zero-order chi connectivity index (χ0) is 22.1. The number of phenols is 2. The molecule has 3 rings (SSSR count). The highest BCUT2D eigenvalue weighted by Crippen LogP contribution is 2.36. The zero-order valence-electron chi connectivity index (χ0n) is 18.8. The molecule has 0 unspecified atom stereocenters. The van der Waals surface area contributed by atoms with Gasteiger partial charge in [-0.25, -0.2) is 0 Å². The van der Waals surface area contributed by atoms with Crippen LogP contribution in [0.15, 0.2) is 36.4 Å². The van der Waals surface area contributed by atoms with Crippen LogP contribution in [0.25, 0.3) is 0 Å². The fourth-order valence-corrected chi connectivity index (χ4v) is 3.77. The summed E-state index contributed by atoms with van der Waals surface area (Å²) >= 11 is 0. The van der Waals surface area contributed by atoms with Gasteiger partial charge in [-0.1, -0.05) is 52.8 Å². The Morgan fingerprint density at radius 2 is 1.60 bits per heavy atom. The first-order chi connectivity index (χ1) is 14.1. The normalized spacial score (nSPS) is 15.6. The van der Waals surface area contributed by atoms with Crippen molar-refractivity contribution < 1.29 is 15.0 Å². The summed E-state index contributed by atoms with van der Waals surface area (Å²) in [6, 6.07) is 11.5. The number of phenolic OH excluding ortho intramolecular Hbond substituents is 2. The number of rotatable bonds is 4. The molecular weight excluding hydrogens is 376 g/mol. The van der Waals surface area contributed by atoms with Crippen molar-refractivity contribution in [3.63, 3.8) is 0 Å². The number of aromatic hydroxyl groups is 2. The van der Waals surface area contributed by atoms with Gasteiger partial charge in [0.15, 0.2) is 11.5 Å². The summed E-state index contributed by atoms with van der Waals surface area (Å²) < 4.78 is 0. The zero-order valence-corrected chi connectivity index (χ0v) is 18.8. The average Bonchev–Trinajstić information content (AvgIpc) is 2.70. The Morgan fingerprint density at radius 1 is 1.00 bits per heavy atom. The van der Waals surface area contributed by atoms with Crippen molar-refractivity contribution in [2.45, 2.75) is 52.5 Å². The highest BCUT2D eigenvalue weighted by Gasteiger charge is 2.24. The molecule has 1 aliphatic rings. The molecule has 5 nitrogen and oxygen atoms in total. The number of piperazine rings is 1. The maximum atomic E-state index is 12.8. The lowest BCUT2D eigenvalue weighted by atomic mass is 9.85. The first-order valence-electron chi connectivity index (χ1n) is 10.7. The van der Waals surface area contributed by atoms with Gasteiger partial charge in [0.05, 0.1) is 0 Å². The summed E-state index contributed by atoms with van der Waals surface area (Å²) in [4.78, 5) is 16.9. The lowest BCUT2D eigenvalue weighted by molar-refractivity contribution is 0.0627. The second-order valence-corrected chi connectivity index (χ2v) is 9.60. The van der Waals surface area contributed by atoms with Gasteiger partial charge in [-0.15, -0.1) is 0 Å². The van der Waals surface area contributed by atoms with Gasteiger partial charge in [-0.2, -0.15) is 0 Å². The Kier molecular flexibility index (Phi) is 6.41. The van der Waals surface area contributed by atoms with E-state index in [1.165, 1.54) is 5.56 Å². The molecule has 2 aromatic carbocycles. The van der Waals surface area contributed by atoms with E-state index in [1.807, 2.05) is 35.2 Å². The molecule has 1 heterocycles. The number of amides is 1. The summed E-state index contributed by atoms with van der Waals surface area (Å²) in [5.41, 5.74) is 3.57. The van der Waals surface area contributed by atoms with Gasteiger partial charge in [0.1, 0.15) is 0 Å². The molecule has 1 aliphatic heterocycles. The third kappa shape index (κ3) is 4.96. The van der Waals surface area contributed by atoms with Crippen LogP contribution >= 0.6 is 0 Å². The number of benzene rings is 2. The Bertz CT molecular complexity index is 890. The lowest BCUT2D eigenvalue weighted by Gasteiger charge is -2.35. The van der Waals surface area contributed by atoms with E-state index in [-0.39, 0.29) is 22.8 Å². The van der Waals surface area contributed by atoms with Crippen molar-refractivity contribution >= 4 is 5.91 Å². The molecule has 30 heavy (non-hydrogen) atoms. The standard InChI is InChI=1S/C25H34N2O3/c1-17(2)18-6-8-19(9-7-18)24(30)27-12-10-26(11-13-27)16-20-14-21(25(3,4)5)15-22(28)23(20)29/h6-9,14-15,17,28-29H,10-13,16H2,1-5H3. The molecule has 0 atom stereocenters. The number of nitrogens with zero attached hydrogens (tertiary/aromatic N) is 2. The lowest BCUT2D eigenvalue weighted by Crippen LogP contribution is -2.48. The van der Waals surface area contributed by atoms with E-state index in [0.29, 0.717) is 25.6 Å². The largest absolute Gasteiger partial charge is 0.504 e. The van der Waals surface area contributed by atoms with Crippen LogP contribution in [0, 0.1) is 0 Å². The van der Waals surface area contributed by atoms with Crippen LogP contribution in [0.4, 0.5) is 0 Å². The third-order valence-corrected chi connectivity index (χ3v) is 5.91. The maximum Gasteiger partial charge on any atom is 0.253 e. The predicted octanol–water partition coefficient (Wildman–Crippen LogP) is 4.48.